The number of benzene rings is 1. The minimum atomic E-state index is 1.05. The van der Waals surface area contributed by atoms with E-state index in [4.69, 9.17) is 0 Å². The summed E-state index contributed by atoms with van der Waals surface area (Å²) in [5.74, 6) is 0. The third-order valence-electron chi connectivity index (χ3n) is 2.08. The van der Waals surface area contributed by atoms with E-state index in [0.717, 1.165) is 12.8 Å². The van der Waals surface area contributed by atoms with Crippen molar-refractivity contribution in [1.29, 1.82) is 0 Å². The van der Waals surface area contributed by atoms with E-state index in [1.807, 2.05) is 7.05 Å². The summed E-state index contributed by atoms with van der Waals surface area (Å²) in [6.45, 7) is 2.19. The molecule has 0 saturated heterocycles. The Morgan fingerprint density at radius 2 is 2.00 bits per heavy atom. The minimum absolute atomic E-state index is 1.05. The van der Waals surface area contributed by atoms with Gasteiger partial charge in [0.15, 0.2) is 0 Å². The molecule has 13 heavy (non-hydrogen) atoms. The quantitative estimate of drug-likeness (QED) is 0.742. The van der Waals surface area contributed by atoms with Crippen LogP contribution in [0.3, 0.4) is 0 Å². The van der Waals surface area contributed by atoms with E-state index in [9.17, 15) is 0 Å². The van der Waals surface area contributed by atoms with Crippen molar-refractivity contribution in [2.75, 3.05) is 7.05 Å². The number of allylic oxidation sites excluding steroid dienone is 1. The maximum Gasteiger partial charge on any atom is 0.00276 e. The van der Waals surface area contributed by atoms with Gasteiger partial charge >= 0.3 is 0 Å². The first kappa shape index (κ1) is 9.85. The summed E-state index contributed by atoms with van der Waals surface area (Å²) in [6.07, 6.45) is 4.25. The highest BCUT2D eigenvalue weighted by atomic mass is 14.8. The van der Waals surface area contributed by atoms with Gasteiger partial charge in [0.25, 0.3) is 0 Å². The Hall–Kier alpha value is -1.24. The highest BCUT2D eigenvalue weighted by Crippen LogP contribution is 2.09. The molecule has 0 unspecified atom stereocenters. The predicted molar refractivity (Wildman–Crippen MR) is 57.6 cm³/mol. The van der Waals surface area contributed by atoms with Crippen LogP contribution in [0.15, 0.2) is 42.1 Å². The molecule has 1 rings (SSSR count). The normalized spacial score (nSPS) is 11.4. The van der Waals surface area contributed by atoms with Crippen molar-refractivity contribution in [2.24, 2.45) is 0 Å². The van der Waals surface area contributed by atoms with Gasteiger partial charge in [-0.05, 0) is 24.6 Å². The van der Waals surface area contributed by atoms with Crippen LogP contribution in [0.25, 0.3) is 0 Å². The molecule has 0 fully saturated rings. The summed E-state index contributed by atoms with van der Waals surface area (Å²) in [6, 6.07) is 10.6. The third kappa shape index (κ3) is 3.32. The molecule has 0 amide bonds. The maximum atomic E-state index is 3.08. The maximum absolute atomic E-state index is 3.08. The zero-order valence-electron chi connectivity index (χ0n) is 8.38. The Kier molecular flexibility index (Phi) is 4.10. The molecular weight excluding hydrogens is 158 g/mol. The van der Waals surface area contributed by atoms with Gasteiger partial charge in [0.05, 0.1) is 0 Å². The van der Waals surface area contributed by atoms with Gasteiger partial charge in [-0.2, -0.15) is 0 Å². The van der Waals surface area contributed by atoms with Gasteiger partial charge in [-0.15, -0.1) is 0 Å². The topological polar surface area (TPSA) is 12.0 Å². The van der Waals surface area contributed by atoms with E-state index in [1.165, 1.54) is 11.1 Å². The molecule has 0 aliphatic heterocycles. The first-order valence-electron chi connectivity index (χ1n) is 4.76. The van der Waals surface area contributed by atoms with Gasteiger partial charge in [0.1, 0.15) is 0 Å². The zero-order chi connectivity index (χ0) is 9.52. The summed E-state index contributed by atoms with van der Waals surface area (Å²) in [7, 11) is 1.95. The van der Waals surface area contributed by atoms with Crippen molar-refractivity contribution >= 4 is 0 Å². The molecule has 1 nitrogen and oxygen atoms in total. The Labute approximate surface area is 80.5 Å². The second-order valence-electron chi connectivity index (χ2n) is 3.11. The first-order valence-corrected chi connectivity index (χ1v) is 4.76. The Morgan fingerprint density at radius 3 is 2.54 bits per heavy atom. The van der Waals surface area contributed by atoms with Crippen LogP contribution < -0.4 is 5.32 Å². The molecule has 0 radical (unpaired) electrons. The van der Waals surface area contributed by atoms with Crippen LogP contribution in [0.2, 0.25) is 0 Å². The van der Waals surface area contributed by atoms with Crippen LogP contribution in [0.5, 0.6) is 0 Å². The molecule has 0 aliphatic rings. The van der Waals surface area contributed by atoms with Gasteiger partial charge in [-0.25, -0.2) is 0 Å². The highest BCUT2D eigenvalue weighted by molar-refractivity contribution is 5.21. The zero-order valence-corrected chi connectivity index (χ0v) is 8.38. The lowest BCUT2D eigenvalue weighted by atomic mass is 10.0. The second-order valence-corrected chi connectivity index (χ2v) is 3.11. The van der Waals surface area contributed by atoms with Crippen molar-refractivity contribution in [3.63, 3.8) is 0 Å². The van der Waals surface area contributed by atoms with E-state index >= 15 is 0 Å². The molecule has 1 heteroatoms. The summed E-state index contributed by atoms with van der Waals surface area (Å²) in [4.78, 5) is 0. The molecule has 1 aromatic carbocycles. The lowest BCUT2D eigenvalue weighted by Gasteiger charge is -2.04. The largest absolute Gasteiger partial charge is 0.394 e. The van der Waals surface area contributed by atoms with Crippen molar-refractivity contribution in [3.8, 4) is 0 Å². The fourth-order valence-corrected chi connectivity index (χ4v) is 1.34. The van der Waals surface area contributed by atoms with Gasteiger partial charge in [0.2, 0.25) is 0 Å². The van der Waals surface area contributed by atoms with Gasteiger partial charge in [0, 0.05) is 7.05 Å². The fourth-order valence-electron chi connectivity index (χ4n) is 1.34. The molecule has 70 valence electrons. The average molecular weight is 175 g/mol. The van der Waals surface area contributed by atoms with Crippen molar-refractivity contribution in [1.82, 2.24) is 5.32 Å². The van der Waals surface area contributed by atoms with E-state index < -0.39 is 0 Å². The molecule has 1 N–H and O–H groups in total. The van der Waals surface area contributed by atoms with Crippen LogP contribution in [-0.2, 0) is 6.42 Å². The molecular formula is C12H17N. The number of nitrogens with one attached hydrogen (secondary N) is 1. The summed E-state index contributed by atoms with van der Waals surface area (Å²) in [5, 5.41) is 3.08. The molecule has 0 bridgehead atoms. The Balaban J connectivity index is 2.62. The van der Waals surface area contributed by atoms with Crippen LogP contribution in [0.4, 0.5) is 0 Å². The second kappa shape index (κ2) is 5.41. The molecule has 0 aromatic heterocycles. The average Bonchev–Trinajstić information content (AvgIpc) is 2.19. The van der Waals surface area contributed by atoms with Gasteiger partial charge in [-0.1, -0.05) is 42.8 Å². The molecule has 0 atom stereocenters. The van der Waals surface area contributed by atoms with E-state index in [1.54, 1.807) is 0 Å². The lowest BCUT2D eigenvalue weighted by Crippen LogP contribution is -1.98. The van der Waals surface area contributed by atoms with Crippen molar-refractivity contribution < 1.29 is 0 Å². The monoisotopic (exact) mass is 175 g/mol. The summed E-state index contributed by atoms with van der Waals surface area (Å²) >= 11 is 0. The van der Waals surface area contributed by atoms with Crippen molar-refractivity contribution in [3.05, 3.63) is 47.7 Å². The minimum Gasteiger partial charge on any atom is -0.394 e. The summed E-state index contributed by atoms with van der Waals surface area (Å²) in [5.41, 5.74) is 2.82. The summed E-state index contributed by atoms with van der Waals surface area (Å²) < 4.78 is 0. The van der Waals surface area contributed by atoms with E-state index in [-0.39, 0.29) is 0 Å². The highest BCUT2D eigenvalue weighted by Gasteiger charge is 1.95. The fraction of sp³-hybridized carbons (Fsp3) is 0.333. The van der Waals surface area contributed by atoms with Gasteiger partial charge < -0.3 is 5.32 Å². The lowest BCUT2D eigenvalue weighted by molar-refractivity contribution is 0.952. The third-order valence-corrected chi connectivity index (χ3v) is 2.08. The standard InChI is InChI=1S/C12H17N/c1-3-11(10-13-2)9-12-7-5-4-6-8-12/h4-8,10,13H,3,9H2,1-2H3/b11-10+. The number of rotatable bonds is 4. The number of hydrogen-bond acceptors (Lipinski definition) is 1. The van der Waals surface area contributed by atoms with Crippen molar-refractivity contribution in [2.45, 2.75) is 19.8 Å². The van der Waals surface area contributed by atoms with Crippen LogP contribution >= 0.6 is 0 Å². The SMILES string of the molecule is CC/C(=C\NC)Cc1ccccc1. The van der Waals surface area contributed by atoms with E-state index in [0.29, 0.717) is 0 Å². The Morgan fingerprint density at radius 1 is 1.31 bits per heavy atom. The molecule has 1 aromatic rings. The first-order chi connectivity index (χ1) is 6.36. The van der Waals surface area contributed by atoms with Gasteiger partial charge in [-0.3, -0.25) is 0 Å². The van der Waals surface area contributed by atoms with Crippen LogP contribution in [0.1, 0.15) is 18.9 Å². The van der Waals surface area contributed by atoms with Crippen LogP contribution in [-0.4, -0.2) is 7.05 Å². The van der Waals surface area contributed by atoms with E-state index in [2.05, 4.69) is 48.8 Å². The molecule has 0 saturated carbocycles. The predicted octanol–water partition coefficient (Wildman–Crippen LogP) is 2.74. The number of hydrogen-bond donors (Lipinski definition) is 1. The molecule has 0 aliphatic carbocycles. The van der Waals surface area contributed by atoms with Crippen LogP contribution in [0, 0.1) is 0 Å². The molecule has 0 heterocycles. The Bertz CT molecular complexity index is 262. The molecule has 0 spiro atoms. The smallest absolute Gasteiger partial charge is 0.00276 e.